The number of carboxylic acid groups (broad SMARTS) is 1. The lowest BCUT2D eigenvalue weighted by molar-refractivity contribution is -0.132. The normalized spacial score (nSPS) is 12.0. The van der Waals surface area contributed by atoms with E-state index in [4.69, 9.17) is 21.4 Å². The van der Waals surface area contributed by atoms with Crippen LogP contribution in [0.2, 0.25) is 0 Å². The summed E-state index contributed by atoms with van der Waals surface area (Å²) in [7, 11) is 0. The van der Waals surface area contributed by atoms with Crippen LogP contribution in [0.4, 0.5) is 0 Å². The van der Waals surface area contributed by atoms with E-state index in [2.05, 4.69) is 19.3 Å². The summed E-state index contributed by atoms with van der Waals surface area (Å²) in [5.41, 5.74) is 8.11. The fraction of sp³-hybridized carbons (Fsp3) is 0.308. The van der Waals surface area contributed by atoms with Gasteiger partial charge in [0.15, 0.2) is 5.70 Å². The molecule has 0 aliphatic rings. The summed E-state index contributed by atoms with van der Waals surface area (Å²) < 4.78 is 5.35. The van der Waals surface area contributed by atoms with E-state index in [1.165, 1.54) is 0 Å². The number of aliphatic carboxylic acids is 1. The molecule has 6 heteroatoms. The van der Waals surface area contributed by atoms with E-state index in [-0.39, 0.29) is 5.88 Å². The Balaban J connectivity index is 2.92. The second kappa shape index (κ2) is 6.65. The van der Waals surface area contributed by atoms with Crippen molar-refractivity contribution < 1.29 is 14.6 Å². The minimum absolute atomic E-state index is 0.186. The quantitative estimate of drug-likeness (QED) is 0.264. The summed E-state index contributed by atoms with van der Waals surface area (Å²) in [6, 6.07) is 7.34. The first kappa shape index (κ1) is 14.8. The van der Waals surface area contributed by atoms with Gasteiger partial charge in [-0.25, -0.2) is 10.6 Å². The van der Waals surface area contributed by atoms with Crippen LogP contribution in [0, 0.1) is 5.92 Å². The van der Waals surface area contributed by atoms with Gasteiger partial charge in [0.25, 0.3) is 0 Å². The molecule has 0 atom stereocenters. The summed E-state index contributed by atoms with van der Waals surface area (Å²) in [6.45, 7) is 4.23. The van der Waals surface area contributed by atoms with Crippen molar-refractivity contribution >= 4 is 5.97 Å². The van der Waals surface area contributed by atoms with Crippen LogP contribution in [0.15, 0.2) is 35.8 Å². The predicted octanol–water partition coefficient (Wildman–Crippen LogP) is 0.940. The van der Waals surface area contributed by atoms with Gasteiger partial charge in [-0.2, -0.15) is 0 Å². The van der Waals surface area contributed by atoms with Gasteiger partial charge >= 0.3 is 5.97 Å². The fourth-order valence-electron chi connectivity index (χ4n) is 1.58. The summed E-state index contributed by atoms with van der Waals surface area (Å²) in [5.74, 6) is 4.71. The van der Waals surface area contributed by atoms with Crippen molar-refractivity contribution in [3.8, 4) is 5.75 Å². The molecule has 0 radical (unpaired) electrons. The largest absolute Gasteiger partial charge is 0.476 e. The van der Waals surface area contributed by atoms with Gasteiger partial charge in [0.2, 0.25) is 5.88 Å². The Labute approximate surface area is 112 Å². The molecule has 0 unspecified atom stereocenters. The first-order valence-electron chi connectivity index (χ1n) is 5.90. The highest BCUT2D eigenvalue weighted by atomic mass is 16.5. The standard InChI is InChI=1S/C13H19N3O3/c1-8(2)6-9-4-3-5-10(7-9)19-12(16-15)11(14)13(17)18/h3-5,7-8,16H,6,14-15H2,1-2H3,(H,17,18)/b12-11+. The number of nitrogens with two attached hydrogens (primary N) is 2. The minimum Gasteiger partial charge on any atom is -0.476 e. The maximum Gasteiger partial charge on any atom is 0.357 e. The Hall–Kier alpha value is -2.21. The van der Waals surface area contributed by atoms with Crippen LogP contribution in [-0.2, 0) is 11.2 Å². The predicted molar refractivity (Wildman–Crippen MR) is 71.8 cm³/mol. The molecule has 0 fully saturated rings. The molecule has 104 valence electrons. The van der Waals surface area contributed by atoms with Gasteiger partial charge in [0, 0.05) is 0 Å². The van der Waals surface area contributed by atoms with Crippen molar-refractivity contribution in [3.63, 3.8) is 0 Å². The summed E-state index contributed by atoms with van der Waals surface area (Å²) in [5, 5.41) is 8.78. The molecule has 6 nitrogen and oxygen atoms in total. The third kappa shape index (κ3) is 4.51. The Bertz CT molecular complexity index is 484. The summed E-state index contributed by atoms with van der Waals surface area (Å²) >= 11 is 0. The molecule has 6 N–H and O–H groups in total. The van der Waals surface area contributed by atoms with E-state index in [9.17, 15) is 4.79 Å². The molecule has 0 aliphatic carbocycles. The Morgan fingerprint density at radius 3 is 2.68 bits per heavy atom. The van der Waals surface area contributed by atoms with E-state index < -0.39 is 11.7 Å². The SMILES string of the molecule is CC(C)Cc1cccc(O/C(NN)=C(/N)C(=O)O)c1. The molecule has 1 aromatic carbocycles. The van der Waals surface area contributed by atoms with Gasteiger partial charge in [-0.1, -0.05) is 26.0 Å². The molecular weight excluding hydrogens is 246 g/mol. The van der Waals surface area contributed by atoms with Crippen molar-refractivity contribution in [3.05, 3.63) is 41.4 Å². The molecule has 0 aromatic heterocycles. The number of carbonyl (C=O) groups is 1. The number of hydrogen-bond donors (Lipinski definition) is 4. The lowest BCUT2D eigenvalue weighted by atomic mass is 10.0. The average molecular weight is 265 g/mol. The second-order valence-electron chi connectivity index (χ2n) is 4.54. The van der Waals surface area contributed by atoms with Gasteiger partial charge < -0.3 is 15.6 Å². The lowest BCUT2D eigenvalue weighted by Gasteiger charge is -2.12. The van der Waals surface area contributed by atoms with E-state index >= 15 is 0 Å². The second-order valence-corrected chi connectivity index (χ2v) is 4.54. The maximum atomic E-state index is 10.7. The van der Waals surface area contributed by atoms with E-state index in [1.807, 2.05) is 18.2 Å². The van der Waals surface area contributed by atoms with E-state index in [0.717, 1.165) is 12.0 Å². The molecule has 1 rings (SSSR count). The molecule has 1 aromatic rings. The third-order valence-corrected chi connectivity index (χ3v) is 2.37. The van der Waals surface area contributed by atoms with Crippen LogP contribution in [0.3, 0.4) is 0 Å². The third-order valence-electron chi connectivity index (χ3n) is 2.37. The van der Waals surface area contributed by atoms with Crippen molar-refractivity contribution in [1.82, 2.24) is 5.43 Å². The molecular formula is C13H19N3O3. The molecule has 0 bridgehead atoms. The van der Waals surface area contributed by atoms with E-state index in [1.54, 1.807) is 6.07 Å². The molecule has 0 heterocycles. The highest BCUT2D eigenvalue weighted by Crippen LogP contribution is 2.18. The number of hydrazine groups is 1. The number of benzene rings is 1. The van der Waals surface area contributed by atoms with Crippen molar-refractivity contribution in [1.29, 1.82) is 0 Å². The summed E-state index contributed by atoms with van der Waals surface area (Å²) in [4.78, 5) is 10.7. The van der Waals surface area contributed by atoms with Crippen LogP contribution in [-0.4, -0.2) is 11.1 Å². The molecule has 0 saturated carbocycles. The Morgan fingerprint density at radius 1 is 1.47 bits per heavy atom. The zero-order valence-corrected chi connectivity index (χ0v) is 11.0. The van der Waals surface area contributed by atoms with Gasteiger partial charge in [-0.3, -0.25) is 5.43 Å². The minimum atomic E-state index is -1.30. The van der Waals surface area contributed by atoms with Crippen molar-refractivity contribution in [2.24, 2.45) is 17.5 Å². The van der Waals surface area contributed by atoms with Crippen LogP contribution in [0.5, 0.6) is 5.75 Å². The number of carboxylic acids is 1. The van der Waals surface area contributed by atoms with Crippen LogP contribution in [0.25, 0.3) is 0 Å². The molecule has 0 saturated heterocycles. The number of rotatable bonds is 6. The zero-order valence-electron chi connectivity index (χ0n) is 11.0. The van der Waals surface area contributed by atoms with Crippen molar-refractivity contribution in [2.45, 2.75) is 20.3 Å². The average Bonchev–Trinajstić information content (AvgIpc) is 2.34. The first-order valence-corrected chi connectivity index (χ1v) is 5.90. The lowest BCUT2D eigenvalue weighted by Crippen LogP contribution is -2.31. The van der Waals surface area contributed by atoms with Crippen LogP contribution in [0.1, 0.15) is 19.4 Å². The Morgan fingerprint density at radius 2 is 2.16 bits per heavy atom. The summed E-state index contributed by atoms with van der Waals surface area (Å²) in [6.07, 6.45) is 0.903. The Kier molecular flexibility index (Phi) is 5.20. The number of ether oxygens (including phenoxy) is 1. The van der Waals surface area contributed by atoms with Crippen molar-refractivity contribution in [2.75, 3.05) is 0 Å². The van der Waals surface area contributed by atoms with Gasteiger partial charge in [0.1, 0.15) is 5.75 Å². The number of hydrogen-bond acceptors (Lipinski definition) is 5. The molecule has 0 spiro atoms. The topological polar surface area (TPSA) is 111 Å². The van der Waals surface area contributed by atoms with Crippen LogP contribution >= 0.6 is 0 Å². The van der Waals surface area contributed by atoms with Gasteiger partial charge in [-0.05, 0) is 30.0 Å². The molecule has 0 aliphatic heterocycles. The first-order chi connectivity index (χ1) is 8.93. The maximum absolute atomic E-state index is 10.7. The molecule has 19 heavy (non-hydrogen) atoms. The smallest absolute Gasteiger partial charge is 0.357 e. The van der Waals surface area contributed by atoms with Gasteiger partial charge in [0.05, 0.1) is 0 Å². The monoisotopic (exact) mass is 265 g/mol. The zero-order chi connectivity index (χ0) is 14.4. The fourth-order valence-corrected chi connectivity index (χ4v) is 1.58. The van der Waals surface area contributed by atoms with E-state index in [0.29, 0.717) is 11.7 Å². The number of nitrogens with one attached hydrogen (secondary N) is 1. The highest BCUT2D eigenvalue weighted by Gasteiger charge is 2.12. The van der Waals surface area contributed by atoms with Gasteiger partial charge in [-0.15, -0.1) is 0 Å². The highest BCUT2D eigenvalue weighted by molar-refractivity contribution is 5.85. The molecule has 0 amide bonds. The van der Waals surface area contributed by atoms with Crippen LogP contribution < -0.4 is 21.7 Å².